The molecule has 2 aliphatic heterocycles. The van der Waals surface area contributed by atoms with Gasteiger partial charge < -0.3 is 5.32 Å². The number of carbonyl (C=O) groups excluding carboxylic acids is 1. The number of likely N-dealkylation sites (tertiary alicyclic amines) is 1. The molecule has 1 spiro atoms. The number of nitrogens with one attached hydrogen (secondary N) is 1. The fourth-order valence-corrected chi connectivity index (χ4v) is 3.44. The second-order valence-electron chi connectivity index (χ2n) is 5.90. The van der Waals surface area contributed by atoms with E-state index in [-0.39, 0.29) is 5.41 Å². The minimum absolute atomic E-state index is 0.0502. The normalized spacial score (nSPS) is 28.3. The van der Waals surface area contributed by atoms with Gasteiger partial charge in [-0.1, -0.05) is 30.3 Å². The minimum atomic E-state index is -0.0502. The lowest BCUT2D eigenvalue weighted by molar-refractivity contribution is -0.128. The summed E-state index contributed by atoms with van der Waals surface area (Å²) in [6.45, 7) is 4.04. The molecule has 0 saturated carbocycles. The Morgan fingerprint density at radius 3 is 2.68 bits per heavy atom. The van der Waals surface area contributed by atoms with Crippen molar-refractivity contribution >= 4 is 5.91 Å². The fourth-order valence-electron chi connectivity index (χ4n) is 3.44. The lowest BCUT2D eigenvalue weighted by Crippen LogP contribution is -2.32. The Kier molecular flexibility index (Phi) is 3.56. The Morgan fingerprint density at radius 1 is 1.11 bits per heavy atom. The summed E-state index contributed by atoms with van der Waals surface area (Å²) in [4.78, 5) is 14.5. The molecule has 1 atom stereocenters. The first-order valence-corrected chi connectivity index (χ1v) is 7.33. The van der Waals surface area contributed by atoms with Gasteiger partial charge in [0.1, 0.15) is 0 Å². The van der Waals surface area contributed by atoms with E-state index in [2.05, 4.69) is 40.5 Å². The number of rotatable bonds is 2. The molecule has 0 aromatic heterocycles. The Labute approximate surface area is 115 Å². The van der Waals surface area contributed by atoms with Crippen LogP contribution < -0.4 is 5.32 Å². The van der Waals surface area contributed by atoms with Gasteiger partial charge in [0.15, 0.2) is 0 Å². The van der Waals surface area contributed by atoms with Crippen LogP contribution in [-0.4, -0.2) is 30.4 Å². The molecule has 3 nitrogen and oxygen atoms in total. The van der Waals surface area contributed by atoms with Crippen molar-refractivity contribution in [2.45, 2.75) is 32.2 Å². The quantitative estimate of drug-likeness (QED) is 0.882. The third-order valence-electron chi connectivity index (χ3n) is 4.66. The molecular weight excluding hydrogens is 236 g/mol. The summed E-state index contributed by atoms with van der Waals surface area (Å²) < 4.78 is 0. The molecule has 1 N–H and O–H groups in total. The molecule has 1 amide bonds. The Hall–Kier alpha value is -1.35. The second kappa shape index (κ2) is 5.33. The van der Waals surface area contributed by atoms with Crippen molar-refractivity contribution in [3.05, 3.63) is 35.9 Å². The molecule has 0 bridgehead atoms. The first kappa shape index (κ1) is 12.7. The molecule has 0 aliphatic carbocycles. The smallest absolute Gasteiger partial charge is 0.226 e. The van der Waals surface area contributed by atoms with Crippen LogP contribution in [-0.2, 0) is 11.3 Å². The van der Waals surface area contributed by atoms with Gasteiger partial charge in [-0.3, -0.25) is 9.69 Å². The van der Waals surface area contributed by atoms with Crippen molar-refractivity contribution in [2.24, 2.45) is 5.41 Å². The third kappa shape index (κ3) is 2.66. The van der Waals surface area contributed by atoms with Crippen LogP contribution in [0.25, 0.3) is 0 Å². The maximum Gasteiger partial charge on any atom is 0.226 e. The molecule has 2 saturated heterocycles. The van der Waals surface area contributed by atoms with Gasteiger partial charge in [0.25, 0.3) is 0 Å². The molecule has 2 aliphatic rings. The second-order valence-corrected chi connectivity index (χ2v) is 5.90. The monoisotopic (exact) mass is 258 g/mol. The van der Waals surface area contributed by atoms with Gasteiger partial charge in [0.05, 0.1) is 5.41 Å². The largest absolute Gasteiger partial charge is 0.356 e. The minimum Gasteiger partial charge on any atom is -0.356 e. The highest BCUT2D eigenvalue weighted by atomic mass is 16.2. The molecule has 1 aromatic carbocycles. The van der Waals surface area contributed by atoms with Crippen LogP contribution >= 0.6 is 0 Å². The number of amides is 1. The highest BCUT2D eigenvalue weighted by molar-refractivity contribution is 5.84. The van der Waals surface area contributed by atoms with Crippen LogP contribution in [0.2, 0.25) is 0 Å². The lowest BCUT2D eigenvalue weighted by atomic mass is 9.79. The number of hydrogen-bond donors (Lipinski definition) is 1. The number of hydrogen-bond acceptors (Lipinski definition) is 2. The van der Waals surface area contributed by atoms with E-state index in [1.807, 2.05) is 0 Å². The molecule has 3 heteroatoms. The highest BCUT2D eigenvalue weighted by Crippen LogP contribution is 2.38. The van der Waals surface area contributed by atoms with Crippen LogP contribution in [0.1, 0.15) is 31.2 Å². The first-order valence-electron chi connectivity index (χ1n) is 7.33. The van der Waals surface area contributed by atoms with Crippen molar-refractivity contribution in [3.63, 3.8) is 0 Å². The predicted octanol–water partition coefficient (Wildman–Crippen LogP) is 2.18. The zero-order valence-electron chi connectivity index (χ0n) is 11.4. The van der Waals surface area contributed by atoms with Gasteiger partial charge in [-0.15, -0.1) is 0 Å². The third-order valence-corrected chi connectivity index (χ3v) is 4.66. The standard InChI is InChI=1S/C16H22N2O/c19-15-16(8-10-17-15)7-4-11-18(12-9-16)13-14-5-2-1-3-6-14/h1-3,5-6H,4,7-13H2,(H,17,19). The van der Waals surface area contributed by atoms with Crippen molar-refractivity contribution < 1.29 is 4.79 Å². The average Bonchev–Trinajstić information content (AvgIpc) is 2.66. The van der Waals surface area contributed by atoms with Gasteiger partial charge in [-0.25, -0.2) is 0 Å². The maximum atomic E-state index is 12.0. The average molecular weight is 258 g/mol. The summed E-state index contributed by atoms with van der Waals surface area (Å²) in [6.07, 6.45) is 4.25. The Bertz CT molecular complexity index is 445. The summed E-state index contributed by atoms with van der Waals surface area (Å²) in [5, 5.41) is 3.01. The molecule has 0 radical (unpaired) electrons. The topological polar surface area (TPSA) is 32.3 Å². The summed E-state index contributed by atoms with van der Waals surface area (Å²) in [7, 11) is 0. The molecule has 102 valence electrons. The summed E-state index contributed by atoms with van der Waals surface area (Å²) >= 11 is 0. The summed E-state index contributed by atoms with van der Waals surface area (Å²) in [6, 6.07) is 10.6. The van der Waals surface area contributed by atoms with E-state index < -0.39 is 0 Å². The van der Waals surface area contributed by atoms with Crippen LogP contribution in [0.3, 0.4) is 0 Å². The lowest BCUT2D eigenvalue weighted by Gasteiger charge is -2.24. The number of carbonyl (C=O) groups is 1. The predicted molar refractivity (Wildman–Crippen MR) is 75.6 cm³/mol. The molecular formula is C16H22N2O. The zero-order valence-corrected chi connectivity index (χ0v) is 11.4. The van der Waals surface area contributed by atoms with Crippen molar-refractivity contribution in [1.29, 1.82) is 0 Å². The highest BCUT2D eigenvalue weighted by Gasteiger charge is 2.42. The van der Waals surface area contributed by atoms with Crippen LogP contribution in [0.5, 0.6) is 0 Å². The molecule has 3 rings (SSSR count). The summed E-state index contributed by atoms with van der Waals surface area (Å²) in [5.41, 5.74) is 1.32. The van der Waals surface area contributed by atoms with Gasteiger partial charge in [0, 0.05) is 13.1 Å². The van der Waals surface area contributed by atoms with Gasteiger partial charge in [-0.2, -0.15) is 0 Å². The maximum absolute atomic E-state index is 12.0. The van der Waals surface area contributed by atoms with E-state index in [1.165, 1.54) is 5.56 Å². The van der Waals surface area contributed by atoms with E-state index in [1.54, 1.807) is 0 Å². The van der Waals surface area contributed by atoms with E-state index in [0.29, 0.717) is 5.91 Å². The molecule has 2 fully saturated rings. The van der Waals surface area contributed by atoms with E-state index in [4.69, 9.17) is 0 Å². The fraction of sp³-hybridized carbons (Fsp3) is 0.562. The molecule has 2 heterocycles. The van der Waals surface area contributed by atoms with Crippen molar-refractivity contribution in [1.82, 2.24) is 10.2 Å². The van der Waals surface area contributed by atoms with E-state index >= 15 is 0 Å². The van der Waals surface area contributed by atoms with Crippen molar-refractivity contribution in [2.75, 3.05) is 19.6 Å². The SMILES string of the molecule is O=C1NCCC12CCCN(Cc1ccccc1)CC2. The van der Waals surface area contributed by atoms with Crippen LogP contribution in [0, 0.1) is 5.41 Å². The Balaban J connectivity index is 1.63. The van der Waals surface area contributed by atoms with E-state index in [0.717, 1.165) is 51.9 Å². The number of nitrogens with zero attached hydrogens (tertiary/aromatic N) is 1. The van der Waals surface area contributed by atoms with Crippen LogP contribution in [0.4, 0.5) is 0 Å². The first-order chi connectivity index (χ1) is 9.28. The van der Waals surface area contributed by atoms with Crippen LogP contribution in [0.15, 0.2) is 30.3 Å². The summed E-state index contributed by atoms with van der Waals surface area (Å²) in [5.74, 6) is 0.300. The van der Waals surface area contributed by atoms with Crippen molar-refractivity contribution in [3.8, 4) is 0 Å². The number of benzene rings is 1. The van der Waals surface area contributed by atoms with Gasteiger partial charge >= 0.3 is 0 Å². The molecule has 1 aromatic rings. The zero-order chi connectivity index (χ0) is 13.1. The van der Waals surface area contributed by atoms with Gasteiger partial charge in [-0.05, 0) is 44.3 Å². The Morgan fingerprint density at radius 2 is 1.95 bits per heavy atom. The molecule has 1 unspecified atom stereocenters. The molecule has 19 heavy (non-hydrogen) atoms. The van der Waals surface area contributed by atoms with E-state index in [9.17, 15) is 4.79 Å². The van der Waals surface area contributed by atoms with Gasteiger partial charge in [0.2, 0.25) is 5.91 Å².